The molecule has 74 heavy (non-hydrogen) atoms. The Morgan fingerprint density at radius 1 is 0.703 bits per heavy atom. The van der Waals surface area contributed by atoms with Crippen molar-refractivity contribution in [3.8, 4) is 50.7 Å². The number of carbonyl (C=O) groups excluding carboxylic acids is 3. The van der Waals surface area contributed by atoms with Crippen LogP contribution in [-0.4, -0.2) is 153 Å². The van der Waals surface area contributed by atoms with Crippen LogP contribution >= 0.6 is 0 Å². The molecule has 4 atom stereocenters. The van der Waals surface area contributed by atoms with Gasteiger partial charge < -0.3 is 53.9 Å². The van der Waals surface area contributed by atoms with Crippen LogP contribution in [-0.2, 0) is 23.8 Å². The third-order valence-corrected chi connectivity index (χ3v) is 14.2. The lowest BCUT2D eigenvalue weighted by molar-refractivity contribution is -0.138. The van der Waals surface area contributed by atoms with E-state index in [2.05, 4.69) is 79.3 Å². The van der Waals surface area contributed by atoms with E-state index in [-0.39, 0.29) is 35.7 Å². The molecule has 2 aliphatic heterocycles. The Balaban J connectivity index is 1.07. The Bertz CT molecular complexity index is 2850. The van der Waals surface area contributed by atoms with Gasteiger partial charge in [-0.05, 0) is 72.9 Å². The van der Waals surface area contributed by atoms with Crippen molar-refractivity contribution < 1.29 is 38.5 Å². The molecule has 2 fully saturated rings. The fourth-order valence-electron chi connectivity index (χ4n) is 10.2. The van der Waals surface area contributed by atoms with Crippen LogP contribution in [0, 0.1) is 11.8 Å². The molecule has 0 unspecified atom stereocenters. The number of aromatic amines is 2. The number of likely N-dealkylation sites (N-methyl/N-ethyl adjacent to an activating group) is 1. The van der Waals surface area contributed by atoms with Crippen LogP contribution in [0.4, 0.5) is 15.4 Å². The lowest BCUT2D eigenvalue weighted by Crippen LogP contribution is -2.51. The second-order valence-corrected chi connectivity index (χ2v) is 19.6. The Hall–Kier alpha value is -7.51. The van der Waals surface area contributed by atoms with E-state index >= 15 is 0 Å². The van der Waals surface area contributed by atoms with Crippen LogP contribution < -0.4 is 10.2 Å². The highest BCUT2D eigenvalue weighted by atomic mass is 16.5. The molecule has 4 amide bonds. The van der Waals surface area contributed by atoms with Crippen LogP contribution in [0.25, 0.3) is 50.7 Å². The van der Waals surface area contributed by atoms with Crippen molar-refractivity contribution in [3.05, 3.63) is 103 Å². The first-order valence-electron chi connectivity index (χ1n) is 25.4. The maximum atomic E-state index is 13.8. The zero-order chi connectivity index (χ0) is 52.6. The minimum Gasteiger partial charge on any atom is -0.465 e. The number of benzene rings is 2. The summed E-state index contributed by atoms with van der Waals surface area (Å²) >= 11 is 0. The third-order valence-electron chi connectivity index (χ3n) is 14.2. The number of hydrogen-bond acceptors (Lipinski definition) is 11. The molecular formula is C55H69N11O8. The molecule has 6 heterocycles. The van der Waals surface area contributed by atoms with Crippen molar-refractivity contribution in [1.82, 2.24) is 49.5 Å². The molecule has 2 aliphatic rings. The lowest BCUT2D eigenvalue weighted by Gasteiger charge is -2.33. The van der Waals surface area contributed by atoms with Crippen molar-refractivity contribution in [1.29, 1.82) is 0 Å². The summed E-state index contributed by atoms with van der Waals surface area (Å²) in [6.07, 6.45) is 6.93. The van der Waals surface area contributed by atoms with Gasteiger partial charge in [0.1, 0.15) is 29.6 Å². The Morgan fingerprint density at radius 3 is 1.64 bits per heavy atom. The molecule has 0 spiro atoms. The topological polar surface area (TPSA) is 216 Å². The average Bonchev–Trinajstić information content (AvgIpc) is 4.28. The largest absolute Gasteiger partial charge is 0.465 e. The summed E-state index contributed by atoms with van der Waals surface area (Å²) in [5.41, 5.74) is 8.00. The van der Waals surface area contributed by atoms with Gasteiger partial charge in [-0.2, -0.15) is 0 Å². The number of hydrogen-bond donors (Lipinski definition) is 4. The van der Waals surface area contributed by atoms with Crippen molar-refractivity contribution in [2.45, 2.75) is 77.5 Å². The number of likely N-dealkylation sites (tertiary alicyclic amines) is 2. The quantitative estimate of drug-likeness (QED) is 0.0567. The summed E-state index contributed by atoms with van der Waals surface area (Å²) < 4.78 is 17.8. The molecule has 2 saturated heterocycles. The Morgan fingerprint density at radius 2 is 1.20 bits per heavy atom. The minimum atomic E-state index is -1.14. The van der Waals surface area contributed by atoms with Gasteiger partial charge in [0.25, 0.3) is 0 Å². The van der Waals surface area contributed by atoms with Gasteiger partial charge in [-0.1, -0.05) is 76.2 Å². The molecule has 0 saturated carbocycles. The molecule has 6 aromatic rings. The van der Waals surface area contributed by atoms with E-state index in [1.165, 1.54) is 14.2 Å². The minimum absolute atomic E-state index is 0.136. The normalized spacial score (nSPS) is 16.5. The maximum Gasteiger partial charge on any atom is 0.407 e. The van der Waals surface area contributed by atoms with Crippen LogP contribution in [0.5, 0.6) is 0 Å². The van der Waals surface area contributed by atoms with Crippen LogP contribution in [0.3, 0.4) is 0 Å². The number of aromatic nitrogens is 6. The smallest absolute Gasteiger partial charge is 0.407 e. The van der Waals surface area contributed by atoms with Crippen molar-refractivity contribution in [3.63, 3.8) is 0 Å². The molecule has 0 bridgehead atoms. The van der Waals surface area contributed by atoms with Gasteiger partial charge in [-0.3, -0.25) is 14.5 Å². The zero-order valence-electron chi connectivity index (χ0n) is 43.6. The number of anilines is 1. The van der Waals surface area contributed by atoms with Crippen LogP contribution in [0.15, 0.2) is 91.4 Å². The maximum absolute atomic E-state index is 13.8. The summed E-state index contributed by atoms with van der Waals surface area (Å²) in [5.74, 6) is 1.47. The fourth-order valence-corrected chi connectivity index (χ4v) is 10.2. The Kier molecular flexibility index (Phi) is 16.8. The number of carbonyl (C=O) groups is 4. The molecule has 19 nitrogen and oxygen atoms in total. The number of imidazole rings is 2. The van der Waals surface area contributed by atoms with Gasteiger partial charge >= 0.3 is 12.2 Å². The SMILES string of the molecule is COCCN(CCOC)c1ccc(-n2c(-c3ccc(-c4c[nH]c([C@@H]5CCCN5C(=O)[C@@H](NC(=O)OC)C(C)C)n4)cc3)ccc2-c2ccc(-c3c[nH]c([C@@H]4CCCN4C(=O)[C@H](C(C)C)N(C)C(=O)O)n3)cc2)cn1. The number of methoxy groups -OCH3 is 3. The highest BCUT2D eigenvalue weighted by Gasteiger charge is 2.40. The molecule has 4 N–H and O–H groups in total. The predicted molar refractivity (Wildman–Crippen MR) is 282 cm³/mol. The van der Waals surface area contributed by atoms with E-state index < -0.39 is 24.3 Å². The number of H-pyrrole nitrogens is 2. The number of alkyl carbamates (subject to hydrolysis) is 1. The highest BCUT2D eigenvalue weighted by Crippen LogP contribution is 2.38. The summed E-state index contributed by atoms with van der Waals surface area (Å²) in [4.78, 5) is 80.1. The van der Waals surface area contributed by atoms with E-state index in [0.29, 0.717) is 51.0 Å². The number of nitrogens with one attached hydrogen (secondary N) is 3. The molecule has 0 radical (unpaired) electrons. The third kappa shape index (κ3) is 11.3. The van der Waals surface area contributed by atoms with E-state index in [4.69, 9.17) is 29.2 Å². The average molecular weight is 1010 g/mol. The van der Waals surface area contributed by atoms with Gasteiger partial charge in [0.15, 0.2) is 0 Å². The molecule has 0 aliphatic carbocycles. The first-order valence-corrected chi connectivity index (χ1v) is 25.4. The monoisotopic (exact) mass is 1010 g/mol. The number of carboxylic acid groups (broad SMARTS) is 1. The van der Waals surface area contributed by atoms with E-state index in [1.807, 2.05) is 69.4 Å². The van der Waals surface area contributed by atoms with E-state index in [0.717, 1.165) is 87.1 Å². The first kappa shape index (κ1) is 52.8. The van der Waals surface area contributed by atoms with Crippen molar-refractivity contribution in [2.24, 2.45) is 11.8 Å². The predicted octanol–water partition coefficient (Wildman–Crippen LogP) is 8.43. The molecule has 2 aromatic carbocycles. The van der Waals surface area contributed by atoms with E-state index in [9.17, 15) is 24.3 Å². The molecule has 4 aromatic heterocycles. The number of rotatable bonds is 20. The van der Waals surface area contributed by atoms with Crippen LogP contribution in [0.2, 0.25) is 0 Å². The number of nitrogens with zero attached hydrogens (tertiary/aromatic N) is 8. The molecule has 8 rings (SSSR count). The van der Waals surface area contributed by atoms with Crippen molar-refractivity contribution >= 4 is 29.8 Å². The summed E-state index contributed by atoms with van der Waals surface area (Å²) in [6, 6.07) is 22.8. The van der Waals surface area contributed by atoms with Gasteiger partial charge in [0.2, 0.25) is 11.8 Å². The summed E-state index contributed by atoms with van der Waals surface area (Å²) in [6.45, 7) is 11.0. The molecular weight excluding hydrogens is 943 g/mol. The molecule has 392 valence electrons. The second-order valence-electron chi connectivity index (χ2n) is 19.6. The fraction of sp³-hybridized carbons (Fsp3) is 0.436. The first-order chi connectivity index (χ1) is 35.7. The number of amides is 4. The number of ether oxygens (including phenoxy) is 3. The molecule has 19 heteroatoms. The Labute approximate surface area is 432 Å². The van der Waals surface area contributed by atoms with Crippen LogP contribution in [0.1, 0.15) is 77.1 Å². The zero-order valence-corrected chi connectivity index (χ0v) is 43.6. The second kappa shape index (κ2) is 23.6. The summed E-state index contributed by atoms with van der Waals surface area (Å²) in [5, 5.41) is 12.4. The summed E-state index contributed by atoms with van der Waals surface area (Å²) in [7, 11) is 6.11. The highest BCUT2D eigenvalue weighted by molar-refractivity contribution is 5.87. The van der Waals surface area contributed by atoms with Gasteiger partial charge in [0, 0.05) is 71.0 Å². The van der Waals surface area contributed by atoms with E-state index in [1.54, 1.807) is 19.1 Å². The van der Waals surface area contributed by atoms with Gasteiger partial charge in [-0.15, -0.1) is 0 Å². The standard InChI is InChI=1S/C55H69N11O8/c1-34(2)48(61-54(69)74-8)52(67)64-25-9-11-45(64)50-57-32-41(59-50)36-13-17-38(18-14-36)43-22-23-44(66(43)40-21-24-47(56-31-40)63(27-29-72-6)28-30-73-7)39-19-15-37(16-20-39)42-33-58-51(60-42)46-12-10-26-65(46)53(68)49(35(3)4)62(5)55(70)71/h13-24,31-35,45-46,48-49H,9-12,25-30H2,1-8H3,(H,57,59)(H,58,60)(H,61,69)(H,70,71)/t45-,46-,48-,49-/m0/s1. The lowest BCUT2D eigenvalue weighted by atomic mass is 10.0. The van der Waals surface area contributed by atoms with Gasteiger partial charge in [0.05, 0.1) is 67.1 Å². The number of pyridine rings is 1. The van der Waals surface area contributed by atoms with Gasteiger partial charge in [-0.25, -0.2) is 24.5 Å². The van der Waals surface area contributed by atoms with Crippen molar-refractivity contribution in [2.75, 3.05) is 72.7 Å².